The molecular formula is C15H19N3O2. The Bertz CT molecular complexity index is 605. The highest BCUT2D eigenvalue weighted by atomic mass is 16.7. The molecule has 0 unspecified atom stereocenters. The van der Waals surface area contributed by atoms with Crippen molar-refractivity contribution in [2.45, 2.75) is 20.4 Å². The summed E-state index contributed by atoms with van der Waals surface area (Å²) in [6, 6.07) is 10.0. The molecule has 0 bridgehead atoms. The van der Waals surface area contributed by atoms with E-state index in [1.807, 2.05) is 48.9 Å². The van der Waals surface area contributed by atoms with Gasteiger partial charge in [0.15, 0.2) is 0 Å². The lowest BCUT2D eigenvalue weighted by Gasteiger charge is -2.13. The summed E-state index contributed by atoms with van der Waals surface area (Å²) in [5.74, 6) is -0.179. The van der Waals surface area contributed by atoms with Crippen molar-refractivity contribution in [1.29, 1.82) is 0 Å². The molecule has 0 atom stereocenters. The highest BCUT2D eigenvalue weighted by Crippen LogP contribution is 2.16. The molecule has 5 heteroatoms. The van der Waals surface area contributed by atoms with Crippen LogP contribution in [-0.4, -0.2) is 34.9 Å². The fourth-order valence-corrected chi connectivity index (χ4v) is 2.16. The number of aromatic nitrogens is 2. The second kappa shape index (κ2) is 5.88. The maximum Gasteiger partial charge on any atom is 0.280 e. The lowest BCUT2D eigenvalue weighted by Crippen LogP contribution is -2.26. The highest BCUT2D eigenvalue weighted by Gasteiger charge is 2.21. The van der Waals surface area contributed by atoms with Crippen molar-refractivity contribution in [3.8, 4) is 0 Å². The van der Waals surface area contributed by atoms with Crippen LogP contribution in [0.15, 0.2) is 30.3 Å². The Labute approximate surface area is 118 Å². The fourth-order valence-electron chi connectivity index (χ4n) is 2.16. The third-order valence-electron chi connectivity index (χ3n) is 3.33. The zero-order chi connectivity index (χ0) is 14.7. The smallest absolute Gasteiger partial charge is 0.274 e. The Hall–Kier alpha value is -2.14. The summed E-state index contributed by atoms with van der Waals surface area (Å²) in [5, 5.41) is 5.67. The van der Waals surface area contributed by atoms with Gasteiger partial charge in [-0.1, -0.05) is 30.3 Å². The van der Waals surface area contributed by atoms with Gasteiger partial charge in [-0.15, -0.1) is 0 Å². The van der Waals surface area contributed by atoms with Gasteiger partial charge < -0.3 is 0 Å². The largest absolute Gasteiger partial charge is 0.280 e. The standard InChI is InChI=1S/C15H19N3O2/c1-11-14(15(19)17(3)20-4)12(2)18(16-11)10-13-8-6-5-7-9-13/h5-9H,10H2,1-4H3. The van der Waals surface area contributed by atoms with Gasteiger partial charge in [0, 0.05) is 12.7 Å². The van der Waals surface area contributed by atoms with Crippen LogP contribution in [0.5, 0.6) is 0 Å². The minimum atomic E-state index is -0.179. The van der Waals surface area contributed by atoms with Crippen molar-refractivity contribution in [2.75, 3.05) is 14.2 Å². The summed E-state index contributed by atoms with van der Waals surface area (Å²) in [6.07, 6.45) is 0. The third-order valence-corrected chi connectivity index (χ3v) is 3.33. The van der Waals surface area contributed by atoms with Crippen LogP contribution in [0.25, 0.3) is 0 Å². The molecule has 0 radical (unpaired) electrons. The number of aryl methyl sites for hydroxylation is 1. The lowest BCUT2D eigenvalue weighted by atomic mass is 10.2. The summed E-state index contributed by atoms with van der Waals surface area (Å²) in [7, 11) is 3.06. The van der Waals surface area contributed by atoms with Gasteiger partial charge in [-0.2, -0.15) is 5.10 Å². The number of rotatable bonds is 4. The molecule has 1 aromatic carbocycles. The number of benzene rings is 1. The molecule has 0 aliphatic heterocycles. The molecule has 5 nitrogen and oxygen atoms in total. The van der Waals surface area contributed by atoms with Crippen molar-refractivity contribution in [3.05, 3.63) is 52.8 Å². The summed E-state index contributed by atoms with van der Waals surface area (Å²) < 4.78 is 1.85. The Morgan fingerprint density at radius 2 is 1.95 bits per heavy atom. The van der Waals surface area contributed by atoms with Gasteiger partial charge >= 0.3 is 0 Å². The SMILES string of the molecule is CON(C)C(=O)c1c(C)nn(Cc2ccccc2)c1C. The molecule has 0 fully saturated rings. The number of hydroxylamine groups is 2. The first kappa shape index (κ1) is 14.3. The van der Waals surface area contributed by atoms with Crippen LogP contribution in [0, 0.1) is 13.8 Å². The van der Waals surface area contributed by atoms with Gasteiger partial charge in [-0.05, 0) is 19.4 Å². The topological polar surface area (TPSA) is 47.4 Å². The van der Waals surface area contributed by atoms with Gasteiger partial charge in [0.25, 0.3) is 5.91 Å². The number of hydrogen-bond donors (Lipinski definition) is 0. The van der Waals surface area contributed by atoms with E-state index < -0.39 is 0 Å². The Balaban J connectivity index is 2.32. The van der Waals surface area contributed by atoms with Gasteiger partial charge in [-0.25, -0.2) is 5.06 Å². The van der Waals surface area contributed by atoms with Crippen LogP contribution < -0.4 is 0 Å². The number of amides is 1. The minimum absolute atomic E-state index is 0.179. The molecule has 0 aliphatic rings. The molecule has 0 aliphatic carbocycles. The zero-order valence-electron chi connectivity index (χ0n) is 12.3. The van der Waals surface area contributed by atoms with E-state index >= 15 is 0 Å². The molecule has 2 rings (SSSR count). The Morgan fingerprint density at radius 3 is 2.55 bits per heavy atom. The summed E-state index contributed by atoms with van der Waals surface area (Å²) in [4.78, 5) is 17.2. The number of carbonyl (C=O) groups excluding carboxylic acids is 1. The second-order valence-corrected chi connectivity index (χ2v) is 4.67. The van der Waals surface area contributed by atoms with E-state index in [1.165, 1.54) is 12.2 Å². The predicted octanol–water partition coefficient (Wildman–Crippen LogP) is 2.18. The molecular weight excluding hydrogens is 254 g/mol. The second-order valence-electron chi connectivity index (χ2n) is 4.67. The van der Waals surface area contributed by atoms with E-state index in [4.69, 9.17) is 4.84 Å². The van der Waals surface area contributed by atoms with Crippen molar-refractivity contribution >= 4 is 5.91 Å². The maximum absolute atomic E-state index is 12.2. The van der Waals surface area contributed by atoms with Crippen LogP contribution in [0.1, 0.15) is 27.3 Å². The molecule has 0 N–H and O–H groups in total. The fraction of sp³-hybridized carbons (Fsp3) is 0.333. The molecule has 106 valence electrons. The summed E-state index contributed by atoms with van der Waals surface area (Å²) in [5.41, 5.74) is 3.31. The van der Waals surface area contributed by atoms with E-state index in [0.717, 1.165) is 11.3 Å². The summed E-state index contributed by atoms with van der Waals surface area (Å²) in [6.45, 7) is 4.39. The van der Waals surface area contributed by atoms with Crippen molar-refractivity contribution in [2.24, 2.45) is 0 Å². The van der Waals surface area contributed by atoms with Gasteiger partial charge in [0.1, 0.15) is 0 Å². The van der Waals surface area contributed by atoms with Gasteiger partial charge in [0.2, 0.25) is 0 Å². The number of hydrogen-bond acceptors (Lipinski definition) is 3. The monoisotopic (exact) mass is 273 g/mol. The van der Waals surface area contributed by atoms with Crippen LogP contribution in [0.3, 0.4) is 0 Å². The van der Waals surface area contributed by atoms with Gasteiger partial charge in [0.05, 0.1) is 24.9 Å². The summed E-state index contributed by atoms with van der Waals surface area (Å²) >= 11 is 0. The Kier molecular flexibility index (Phi) is 4.20. The first-order valence-corrected chi connectivity index (χ1v) is 6.44. The average molecular weight is 273 g/mol. The minimum Gasteiger partial charge on any atom is -0.274 e. The van der Waals surface area contributed by atoms with E-state index in [-0.39, 0.29) is 5.91 Å². The first-order valence-electron chi connectivity index (χ1n) is 6.44. The molecule has 1 amide bonds. The molecule has 20 heavy (non-hydrogen) atoms. The van der Waals surface area contributed by atoms with Crippen LogP contribution in [0.4, 0.5) is 0 Å². The van der Waals surface area contributed by atoms with Crippen LogP contribution in [-0.2, 0) is 11.4 Å². The quantitative estimate of drug-likeness (QED) is 0.802. The average Bonchev–Trinajstić information content (AvgIpc) is 2.73. The predicted molar refractivity (Wildman–Crippen MR) is 76.3 cm³/mol. The molecule has 0 spiro atoms. The molecule has 2 aromatic rings. The van der Waals surface area contributed by atoms with Gasteiger partial charge in [-0.3, -0.25) is 14.3 Å². The Morgan fingerprint density at radius 1 is 1.30 bits per heavy atom. The molecule has 1 heterocycles. The molecule has 1 aromatic heterocycles. The zero-order valence-corrected chi connectivity index (χ0v) is 12.3. The number of carbonyl (C=O) groups is 1. The van der Waals surface area contributed by atoms with E-state index in [2.05, 4.69) is 5.10 Å². The number of nitrogens with zero attached hydrogens (tertiary/aromatic N) is 3. The van der Waals surface area contributed by atoms with Crippen molar-refractivity contribution in [3.63, 3.8) is 0 Å². The van der Waals surface area contributed by atoms with Crippen molar-refractivity contribution < 1.29 is 9.63 Å². The highest BCUT2D eigenvalue weighted by molar-refractivity contribution is 5.95. The molecule has 0 saturated heterocycles. The van der Waals surface area contributed by atoms with E-state index in [1.54, 1.807) is 7.05 Å². The van der Waals surface area contributed by atoms with Crippen molar-refractivity contribution in [1.82, 2.24) is 14.8 Å². The van der Waals surface area contributed by atoms with Crippen LogP contribution in [0.2, 0.25) is 0 Å². The maximum atomic E-state index is 12.2. The lowest BCUT2D eigenvalue weighted by molar-refractivity contribution is -0.0757. The van der Waals surface area contributed by atoms with Crippen LogP contribution >= 0.6 is 0 Å². The van der Waals surface area contributed by atoms with E-state index in [9.17, 15) is 4.79 Å². The third kappa shape index (κ3) is 2.72. The first-order chi connectivity index (χ1) is 9.54. The normalized spacial score (nSPS) is 10.6. The molecule has 0 saturated carbocycles. The van der Waals surface area contributed by atoms with E-state index in [0.29, 0.717) is 17.8 Å².